The molecule has 1 unspecified atom stereocenters. The minimum absolute atomic E-state index is 0.0385. The molecule has 3 N–H and O–H groups in total. The Morgan fingerprint density at radius 1 is 1.00 bits per heavy atom. The first-order valence-corrected chi connectivity index (χ1v) is 10.2. The lowest BCUT2D eigenvalue weighted by Gasteiger charge is -2.23. The molecule has 0 saturated heterocycles. The molecule has 0 aliphatic carbocycles. The number of ether oxygens (including phenoxy) is 3. The van der Waals surface area contributed by atoms with Crippen molar-refractivity contribution in [2.75, 3.05) is 18.3 Å². The predicted molar refractivity (Wildman–Crippen MR) is 115 cm³/mol. The second-order valence-corrected chi connectivity index (χ2v) is 7.99. The Balaban J connectivity index is 1.42. The Labute approximate surface area is 183 Å². The molecular formula is C24H19N3O5. The summed E-state index contributed by atoms with van der Waals surface area (Å²) in [6.07, 6.45) is 0. The van der Waals surface area contributed by atoms with E-state index in [1.165, 1.54) is 0 Å². The quantitative estimate of drug-likeness (QED) is 0.287. The first-order chi connectivity index (χ1) is 15.6. The normalized spacial score (nSPS) is 20.4. The Kier molecular flexibility index (Phi) is 3.86. The van der Waals surface area contributed by atoms with Crippen molar-refractivity contribution in [3.63, 3.8) is 0 Å². The van der Waals surface area contributed by atoms with E-state index in [9.17, 15) is 4.79 Å². The summed E-state index contributed by atoms with van der Waals surface area (Å²) < 4.78 is 17.1. The molecule has 8 nitrogen and oxygen atoms in total. The van der Waals surface area contributed by atoms with Gasteiger partial charge in [-0.15, -0.1) is 0 Å². The number of oxime groups is 1. The second kappa shape index (κ2) is 6.65. The van der Waals surface area contributed by atoms with Crippen LogP contribution >= 0.6 is 0 Å². The van der Waals surface area contributed by atoms with Crippen LogP contribution in [0.4, 0.5) is 5.69 Å². The average Bonchev–Trinajstić information content (AvgIpc) is 3.50. The minimum Gasteiger partial charge on any atom is -0.491 e. The summed E-state index contributed by atoms with van der Waals surface area (Å²) in [6, 6.07) is 18.7. The van der Waals surface area contributed by atoms with Crippen LogP contribution in [0.2, 0.25) is 0 Å². The molecule has 0 saturated carbocycles. The molecule has 0 aromatic heterocycles. The highest BCUT2D eigenvalue weighted by molar-refractivity contribution is 6.11. The molecule has 8 heteroatoms. The number of nitrogens with two attached hydrogens (primary N) is 1. The van der Waals surface area contributed by atoms with Gasteiger partial charge in [0.2, 0.25) is 12.7 Å². The molecular weight excluding hydrogens is 410 g/mol. The monoisotopic (exact) mass is 429 g/mol. The fourth-order valence-electron chi connectivity index (χ4n) is 4.74. The summed E-state index contributed by atoms with van der Waals surface area (Å²) in [4.78, 5) is 15.8. The second-order valence-electron chi connectivity index (χ2n) is 7.99. The van der Waals surface area contributed by atoms with E-state index in [0.29, 0.717) is 29.4 Å². The maximum absolute atomic E-state index is 14.0. The van der Waals surface area contributed by atoms with Crippen molar-refractivity contribution < 1.29 is 24.2 Å². The van der Waals surface area contributed by atoms with Gasteiger partial charge in [-0.3, -0.25) is 4.79 Å². The summed E-state index contributed by atoms with van der Waals surface area (Å²) in [6.45, 7) is 0.761. The van der Waals surface area contributed by atoms with E-state index in [-0.39, 0.29) is 25.1 Å². The molecule has 0 fully saturated rings. The zero-order valence-corrected chi connectivity index (χ0v) is 16.9. The molecule has 1 atom stereocenters. The number of para-hydroxylation sites is 1. The maximum atomic E-state index is 14.0. The van der Waals surface area contributed by atoms with Crippen LogP contribution in [0.5, 0.6) is 17.2 Å². The summed E-state index contributed by atoms with van der Waals surface area (Å²) in [5.41, 5.74) is 8.82. The minimum atomic E-state index is -0.930. The van der Waals surface area contributed by atoms with Gasteiger partial charge in [0.05, 0.1) is 6.54 Å². The number of hydrogen-bond donors (Lipinski definition) is 2. The van der Waals surface area contributed by atoms with Crippen molar-refractivity contribution in [2.24, 2.45) is 10.9 Å². The lowest BCUT2D eigenvalue weighted by molar-refractivity contribution is -0.122. The van der Waals surface area contributed by atoms with E-state index in [1.54, 1.807) is 23.1 Å². The van der Waals surface area contributed by atoms with Crippen LogP contribution in [0.3, 0.4) is 0 Å². The number of anilines is 1. The van der Waals surface area contributed by atoms with Gasteiger partial charge in [0, 0.05) is 22.9 Å². The molecule has 160 valence electrons. The van der Waals surface area contributed by atoms with Gasteiger partial charge in [0.1, 0.15) is 17.8 Å². The van der Waals surface area contributed by atoms with Gasteiger partial charge in [-0.1, -0.05) is 47.6 Å². The number of amides is 1. The fraction of sp³-hybridized carbons (Fsp3) is 0.167. The lowest BCUT2D eigenvalue weighted by Crippen LogP contribution is -2.42. The van der Waals surface area contributed by atoms with E-state index < -0.39 is 5.41 Å². The number of fused-ring (bicyclic) bond motifs is 5. The van der Waals surface area contributed by atoms with Gasteiger partial charge >= 0.3 is 0 Å². The summed E-state index contributed by atoms with van der Waals surface area (Å²) >= 11 is 0. The van der Waals surface area contributed by atoms with E-state index in [1.807, 2.05) is 42.5 Å². The van der Waals surface area contributed by atoms with Crippen LogP contribution in [-0.2, 0) is 16.8 Å². The third-order valence-corrected chi connectivity index (χ3v) is 6.34. The van der Waals surface area contributed by atoms with Crippen LogP contribution in [0.1, 0.15) is 22.3 Å². The molecule has 3 aliphatic rings. The molecule has 1 spiro atoms. The molecule has 3 aromatic carbocycles. The third kappa shape index (κ3) is 2.43. The molecule has 3 aromatic rings. The molecule has 6 rings (SSSR count). The van der Waals surface area contributed by atoms with E-state index in [4.69, 9.17) is 25.2 Å². The lowest BCUT2D eigenvalue weighted by atomic mass is 9.77. The predicted octanol–water partition coefficient (Wildman–Crippen LogP) is 2.74. The zero-order chi connectivity index (χ0) is 21.9. The molecule has 32 heavy (non-hydrogen) atoms. The van der Waals surface area contributed by atoms with Gasteiger partial charge in [-0.05, 0) is 23.3 Å². The van der Waals surface area contributed by atoms with Crippen LogP contribution in [0.15, 0.2) is 65.8 Å². The van der Waals surface area contributed by atoms with E-state index in [0.717, 1.165) is 22.4 Å². The molecule has 3 aliphatic heterocycles. The van der Waals surface area contributed by atoms with Crippen molar-refractivity contribution in [2.45, 2.75) is 12.0 Å². The van der Waals surface area contributed by atoms with Crippen molar-refractivity contribution in [3.8, 4) is 17.2 Å². The smallest absolute Gasteiger partial charge is 0.246 e. The Morgan fingerprint density at radius 3 is 2.53 bits per heavy atom. The highest BCUT2D eigenvalue weighted by Crippen LogP contribution is 2.55. The molecule has 0 bridgehead atoms. The first kappa shape index (κ1) is 18.6. The van der Waals surface area contributed by atoms with Crippen LogP contribution < -0.4 is 24.8 Å². The van der Waals surface area contributed by atoms with Gasteiger partial charge in [0.25, 0.3) is 0 Å². The number of hydrogen-bond acceptors (Lipinski definition) is 6. The summed E-state index contributed by atoms with van der Waals surface area (Å²) in [7, 11) is 0. The SMILES string of the molecule is N/C(=N\O)c1ccc(CN2C(=O)C3(COc4cc5c(cc43)OCO5)c3ccccc32)cc1. The number of carbonyl (C=O) groups excluding carboxylic acids is 1. The van der Waals surface area contributed by atoms with Crippen molar-refractivity contribution in [1.82, 2.24) is 0 Å². The maximum Gasteiger partial charge on any atom is 0.246 e. The molecule has 0 radical (unpaired) electrons. The zero-order valence-electron chi connectivity index (χ0n) is 16.9. The largest absolute Gasteiger partial charge is 0.491 e. The van der Waals surface area contributed by atoms with Crippen LogP contribution in [-0.4, -0.2) is 30.3 Å². The average molecular weight is 429 g/mol. The fourth-order valence-corrected chi connectivity index (χ4v) is 4.74. The van der Waals surface area contributed by atoms with Crippen LogP contribution in [0.25, 0.3) is 0 Å². The van der Waals surface area contributed by atoms with E-state index in [2.05, 4.69) is 5.16 Å². The van der Waals surface area contributed by atoms with Gasteiger partial charge in [0.15, 0.2) is 17.3 Å². The summed E-state index contributed by atoms with van der Waals surface area (Å²) in [5, 5.41) is 11.9. The molecule has 1 amide bonds. The number of carbonyl (C=O) groups is 1. The van der Waals surface area contributed by atoms with Gasteiger partial charge in [-0.2, -0.15) is 0 Å². The van der Waals surface area contributed by atoms with E-state index >= 15 is 0 Å². The van der Waals surface area contributed by atoms with Crippen molar-refractivity contribution in [1.29, 1.82) is 0 Å². The third-order valence-electron chi connectivity index (χ3n) is 6.34. The highest BCUT2D eigenvalue weighted by Gasteiger charge is 2.57. The van der Waals surface area contributed by atoms with Crippen LogP contribution in [0, 0.1) is 0 Å². The van der Waals surface area contributed by atoms with Gasteiger partial charge in [-0.25, -0.2) is 0 Å². The standard InChI is InChI=1S/C24H19N3O5/c25-22(26-29)15-7-5-14(6-8-15)11-27-18-4-2-1-3-16(18)24(23(27)28)12-30-19-10-21-20(9-17(19)24)31-13-32-21/h1-10,29H,11-13H2,(H2,25,26). The Bertz CT molecular complexity index is 1290. The summed E-state index contributed by atoms with van der Waals surface area (Å²) in [5.74, 6) is 1.88. The Hall–Kier alpha value is -4.20. The number of rotatable bonds is 3. The van der Waals surface area contributed by atoms with Gasteiger partial charge < -0.3 is 30.1 Å². The number of amidine groups is 1. The topological polar surface area (TPSA) is 107 Å². The highest BCUT2D eigenvalue weighted by atomic mass is 16.7. The number of benzene rings is 3. The van der Waals surface area contributed by atoms with Crippen molar-refractivity contribution in [3.05, 3.63) is 82.9 Å². The first-order valence-electron chi connectivity index (χ1n) is 10.2. The van der Waals surface area contributed by atoms with Crippen molar-refractivity contribution >= 4 is 17.4 Å². The molecule has 3 heterocycles. The Morgan fingerprint density at radius 2 is 1.75 bits per heavy atom. The number of nitrogens with zero attached hydrogens (tertiary/aromatic N) is 2.